The van der Waals surface area contributed by atoms with Crippen LogP contribution in [0.1, 0.15) is 50.0 Å². The lowest BCUT2D eigenvalue weighted by Gasteiger charge is -2.34. The fraction of sp³-hybridized carbons (Fsp3) is 0.529. The molecule has 0 radical (unpaired) electrons. The number of hydrogen-bond donors (Lipinski definition) is 2. The SMILES string of the molecule is O=C(NC1(C(=O)O)CCCCC1)C1CC1c1ccc(F)c(F)c1. The first kappa shape index (κ1) is 15.9. The number of carboxylic acids is 1. The third-order valence-electron chi connectivity index (χ3n) is 4.98. The van der Waals surface area contributed by atoms with Crippen LogP contribution in [0.25, 0.3) is 0 Å². The first-order chi connectivity index (χ1) is 10.9. The predicted molar refractivity (Wildman–Crippen MR) is 78.8 cm³/mol. The highest BCUT2D eigenvalue weighted by Gasteiger charge is 2.48. The zero-order valence-electron chi connectivity index (χ0n) is 12.6. The molecule has 2 aliphatic carbocycles. The van der Waals surface area contributed by atoms with Crippen molar-refractivity contribution in [2.24, 2.45) is 5.92 Å². The van der Waals surface area contributed by atoms with Crippen molar-refractivity contribution in [2.75, 3.05) is 0 Å². The minimum atomic E-state index is -1.17. The molecule has 2 atom stereocenters. The quantitative estimate of drug-likeness (QED) is 0.895. The van der Waals surface area contributed by atoms with E-state index in [2.05, 4.69) is 5.32 Å². The molecule has 23 heavy (non-hydrogen) atoms. The van der Waals surface area contributed by atoms with Crippen molar-refractivity contribution in [3.8, 4) is 0 Å². The van der Waals surface area contributed by atoms with Crippen molar-refractivity contribution >= 4 is 11.9 Å². The second-order valence-electron chi connectivity index (χ2n) is 6.56. The van der Waals surface area contributed by atoms with E-state index in [1.165, 1.54) is 6.07 Å². The van der Waals surface area contributed by atoms with Crippen molar-refractivity contribution in [1.82, 2.24) is 5.32 Å². The molecule has 0 aliphatic heterocycles. The van der Waals surface area contributed by atoms with Crippen LogP contribution in [0.2, 0.25) is 0 Å². The van der Waals surface area contributed by atoms with Gasteiger partial charge in [-0.05, 0) is 42.9 Å². The van der Waals surface area contributed by atoms with Gasteiger partial charge in [-0.25, -0.2) is 13.6 Å². The number of benzene rings is 1. The Labute approximate surface area is 132 Å². The molecule has 1 amide bonds. The molecule has 2 aliphatic rings. The number of carboxylic acid groups (broad SMARTS) is 1. The van der Waals surface area contributed by atoms with Gasteiger partial charge in [0.1, 0.15) is 5.54 Å². The van der Waals surface area contributed by atoms with Gasteiger partial charge in [-0.1, -0.05) is 25.3 Å². The van der Waals surface area contributed by atoms with Crippen LogP contribution in [0.3, 0.4) is 0 Å². The highest BCUT2D eigenvalue weighted by Crippen LogP contribution is 2.48. The molecule has 0 bridgehead atoms. The Hall–Kier alpha value is -1.98. The van der Waals surface area contributed by atoms with E-state index >= 15 is 0 Å². The molecule has 124 valence electrons. The van der Waals surface area contributed by atoms with Crippen LogP contribution < -0.4 is 5.32 Å². The van der Waals surface area contributed by atoms with Crippen LogP contribution in [0.15, 0.2) is 18.2 Å². The lowest BCUT2D eigenvalue weighted by atomic mass is 9.81. The number of rotatable bonds is 4. The monoisotopic (exact) mass is 323 g/mol. The van der Waals surface area contributed by atoms with Gasteiger partial charge in [-0.2, -0.15) is 0 Å². The van der Waals surface area contributed by atoms with Crippen LogP contribution in [0.4, 0.5) is 8.78 Å². The summed E-state index contributed by atoms with van der Waals surface area (Å²) in [6.07, 6.45) is 3.96. The van der Waals surface area contributed by atoms with E-state index in [4.69, 9.17) is 0 Å². The first-order valence-electron chi connectivity index (χ1n) is 7.93. The lowest BCUT2D eigenvalue weighted by molar-refractivity contribution is -0.149. The standard InChI is InChI=1S/C17H19F2NO3/c18-13-5-4-10(8-14(13)19)11-9-12(11)15(21)20-17(16(22)23)6-2-1-3-7-17/h4-5,8,11-12H,1-3,6-7,9H2,(H,20,21)(H,22,23). The fourth-order valence-corrected chi connectivity index (χ4v) is 3.47. The summed E-state index contributed by atoms with van der Waals surface area (Å²) in [4.78, 5) is 24.0. The molecule has 6 heteroatoms. The number of halogens is 2. The van der Waals surface area contributed by atoms with Gasteiger partial charge in [-0.3, -0.25) is 4.79 Å². The molecule has 1 aromatic rings. The van der Waals surface area contributed by atoms with E-state index in [0.29, 0.717) is 24.8 Å². The van der Waals surface area contributed by atoms with Gasteiger partial charge in [0.2, 0.25) is 5.91 Å². The number of carbonyl (C=O) groups excluding carboxylic acids is 1. The van der Waals surface area contributed by atoms with Crippen molar-refractivity contribution in [3.05, 3.63) is 35.4 Å². The molecule has 0 spiro atoms. The van der Waals surface area contributed by atoms with E-state index in [0.717, 1.165) is 31.4 Å². The van der Waals surface area contributed by atoms with Gasteiger partial charge >= 0.3 is 5.97 Å². The Balaban J connectivity index is 1.67. The van der Waals surface area contributed by atoms with Gasteiger partial charge in [0, 0.05) is 5.92 Å². The number of carbonyl (C=O) groups is 2. The molecular weight excluding hydrogens is 304 g/mol. The lowest BCUT2D eigenvalue weighted by Crippen LogP contribution is -2.56. The molecule has 2 fully saturated rings. The van der Waals surface area contributed by atoms with Crippen LogP contribution in [-0.2, 0) is 9.59 Å². The largest absolute Gasteiger partial charge is 0.480 e. The van der Waals surface area contributed by atoms with Crippen LogP contribution in [0.5, 0.6) is 0 Å². The third kappa shape index (κ3) is 3.07. The molecule has 0 saturated heterocycles. The summed E-state index contributed by atoms with van der Waals surface area (Å²) in [6, 6.07) is 3.64. The summed E-state index contributed by atoms with van der Waals surface area (Å²) >= 11 is 0. The Bertz CT molecular complexity index is 641. The van der Waals surface area contributed by atoms with Crippen LogP contribution >= 0.6 is 0 Å². The molecule has 2 saturated carbocycles. The van der Waals surface area contributed by atoms with Gasteiger partial charge < -0.3 is 10.4 Å². The first-order valence-corrected chi connectivity index (χ1v) is 7.93. The molecule has 2 unspecified atom stereocenters. The van der Waals surface area contributed by atoms with Crippen LogP contribution in [0, 0.1) is 17.6 Å². The fourth-order valence-electron chi connectivity index (χ4n) is 3.47. The molecule has 0 heterocycles. The van der Waals surface area contributed by atoms with Crippen molar-refractivity contribution in [2.45, 2.75) is 50.0 Å². The third-order valence-corrected chi connectivity index (χ3v) is 4.98. The van der Waals surface area contributed by atoms with Crippen molar-refractivity contribution in [3.63, 3.8) is 0 Å². The number of nitrogens with one attached hydrogen (secondary N) is 1. The summed E-state index contributed by atoms with van der Waals surface area (Å²) in [7, 11) is 0. The summed E-state index contributed by atoms with van der Waals surface area (Å²) < 4.78 is 26.2. The predicted octanol–water partition coefficient (Wildman–Crippen LogP) is 2.97. The minimum absolute atomic E-state index is 0.167. The zero-order chi connectivity index (χ0) is 16.6. The van der Waals surface area contributed by atoms with Crippen molar-refractivity contribution < 1.29 is 23.5 Å². The van der Waals surface area contributed by atoms with E-state index in [1.54, 1.807) is 0 Å². The summed E-state index contributed by atoms with van der Waals surface area (Å²) in [5.41, 5.74) is -0.590. The molecular formula is C17H19F2NO3. The average Bonchev–Trinajstić information content (AvgIpc) is 3.31. The van der Waals surface area contributed by atoms with Crippen LogP contribution in [-0.4, -0.2) is 22.5 Å². The normalized spacial score (nSPS) is 25.7. The number of amides is 1. The maximum atomic E-state index is 13.3. The Morgan fingerprint density at radius 2 is 1.83 bits per heavy atom. The minimum Gasteiger partial charge on any atom is -0.480 e. The highest BCUT2D eigenvalue weighted by atomic mass is 19.2. The molecule has 2 N–H and O–H groups in total. The van der Waals surface area contributed by atoms with Gasteiger partial charge in [-0.15, -0.1) is 0 Å². The number of hydrogen-bond acceptors (Lipinski definition) is 2. The average molecular weight is 323 g/mol. The smallest absolute Gasteiger partial charge is 0.329 e. The van der Waals surface area contributed by atoms with E-state index < -0.39 is 23.1 Å². The van der Waals surface area contributed by atoms with Gasteiger partial charge in [0.25, 0.3) is 0 Å². The zero-order valence-corrected chi connectivity index (χ0v) is 12.6. The van der Waals surface area contributed by atoms with Crippen molar-refractivity contribution in [1.29, 1.82) is 0 Å². The molecule has 3 rings (SSSR count). The Morgan fingerprint density at radius 1 is 1.13 bits per heavy atom. The topological polar surface area (TPSA) is 66.4 Å². The Kier molecular flexibility index (Phi) is 4.08. The molecule has 1 aromatic carbocycles. The number of aliphatic carboxylic acids is 1. The van der Waals surface area contributed by atoms with E-state index in [-0.39, 0.29) is 17.7 Å². The second-order valence-corrected chi connectivity index (χ2v) is 6.56. The Morgan fingerprint density at radius 3 is 2.43 bits per heavy atom. The molecule has 4 nitrogen and oxygen atoms in total. The highest BCUT2D eigenvalue weighted by molar-refractivity contribution is 5.90. The summed E-state index contributed by atoms with van der Waals surface area (Å²) in [5.74, 6) is -3.66. The van der Waals surface area contributed by atoms with E-state index in [9.17, 15) is 23.5 Å². The maximum Gasteiger partial charge on any atom is 0.329 e. The van der Waals surface area contributed by atoms with Gasteiger partial charge in [0.15, 0.2) is 11.6 Å². The van der Waals surface area contributed by atoms with Gasteiger partial charge in [0.05, 0.1) is 0 Å². The maximum absolute atomic E-state index is 13.3. The molecule has 0 aromatic heterocycles. The summed E-state index contributed by atoms with van der Waals surface area (Å²) in [5, 5.41) is 12.2. The second kappa shape index (κ2) is 5.91. The van der Waals surface area contributed by atoms with E-state index in [1.807, 2.05) is 0 Å². The summed E-state index contributed by atoms with van der Waals surface area (Å²) in [6.45, 7) is 0.